The van der Waals surface area contributed by atoms with Crippen LogP contribution in [0.5, 0.6) is 0 Å². The molecule has 52 heavy (non-hydrogen) atoms. The van der Waals surface area contributed by atoms with Gasteiger partial charge in [-0.2, -0.15) is 0 Å². The molecule has 298 valence electrons. The summed E-state index contributed by atoms with van der Waals surface area (Å²) < 4.78 is 25.5. The fraction of sp³-hybridized carbons (Fsp3) is 0.780. The maximum atomic E-state index is 13.4. The van der Waals surface area contributed by atoms with E-state index in [9.17, 15) is 20.1 Å². The molecule has 1 aromatic heterocycles. The molecule has 0 aliphatic heterocycles. The predicted octanol–water partition coefficient (Wildman–Crippen LogP) is 8.26. The molecular formula is C41H73NO8Si2. The molecule has 1 heterocycles. The standard InChI is InChI=1S/C41H73NO8Si2/c1-26(36(44)29(4)49-51(12,13)39(5,6)7)21-27(2)41(46)24-30(18-19-31(41)22-32(25-43)47-11)33-23-35(50-52(14,15)40(8,9)10)28(3)37(33)48-38(45)34-17-16-20-42-34/h16-21,26,28-33,35-37,42-44,46H,22-25H2,1-15H3/b27-21+/t26-,28-,29-,30-,31-,32+,33-,35+,36+,37-,41+/m1/s1. The minimum absolute atomic E-state index is 0.00644. The van der Waals surface area contributed by atoms with Gasteiger partial charge in [0.15, 0.2) is 16.6 Å². The fourth-order valence-electron chi connectivity index (χ4n) is 7.53. The molecule has 11 atom stereocenters. The SMILES string of the molecule is CO[C@H](CO)C[C@H]1C=C[C@@H]([C@H]2C[C@H](O[Si](C)(C)C(C)(C)C)[C@@H](C)[C@H]2OC(=O)c2ccc[nH]2)C[C@]1(O)/C(C)=C/[C@@H](C)[C@H](O)[C@@H](C)O[Si](C)(C)C(C)(C)C. The molecule has 4 N–H and O–H groups in total. The van der Waals surface area contributed by atoms with Crippen LogP contribution in [-0.2, 0) is 18.3 Å². The Labute approximate surface area is 317 Å². The lowest BCUT2D eigenvalue weighted by atomic mass is 9.66. The van der Waals surface area contributed by atoms with Crippen molar-refractivity contribution in [3.05, 3.63) is 47.8 Å². The summed E-state index contributed by atoms with van der Waals surface area (Å²) in [6, 6.07) is 3.51. The first-order valence-corrected chi connectivity index (χ1v) is 25.2. The highest BCUT2D eigenvalue weighted by Gasteiger charge is 2.53. The molecule has 1 fully saturated rings. The number of rotatable bonds is 15. The third kappa shape index (κ3) is 10.2. The lowest BCUT2D eigenvalue weighted by Gasteiger charge is -2.44. The summed E-state index contributed by atoms with van der Waals surface area (Å²) in [5, 5.41) is 34.5. The van der Waals surface area contributed by atoms with Crippen LogP contribution >= 0.6 is 0 Å². The van der Waals surface area contributed by atoms with Crippen LogP contribution in [0, 0.1) is 29.6 Å². The molecule has 2 aliphatic rings. The molecule has 0 saturated heterocycles. The van der Waals surface area contributed by atoms with Crippen molar-refractivity contribution >= 4 is 22.6 Å². The Kier molecular flexibility index (Phi) is 14.7. The lowest BCUT2D eigenvalue weighted by molar-refractivity contribution is -0.0434. The lowest BCUT2D eigenvalue weighted by Crippen LogP contribution is -2.48. The predicted molar refractivity (Wildman–Crippen MR) is 214 cm³/mol. The summed E-state index contributed by atoms with van der Waals surface area (Å²) in [5.41, 5.74) is -0.146. The summed E-state index contributed by atoms with van der Waals surface area (Å²) in [6.07, 6.45) is 7.31. The van der Waals surface area contributed by atoms with Gasteiger partial charge in [0.25, 0.3) is 0 Å². The number of ether oxygens (including phenoxy) is 2. The summed E-state index contributed by atoms with van der Waals surface area (Å²) >= 11 is 0. The highest BCUT2D eigenvalue weighted by Crippen LogP contribution is 2.50. The number of carbonyl (C=O) groups excluding carboxylic acids is 1. The molecule has 2 aliphatic carbocycles. The zero-order valence-corrected chi connectivity index (χ0v) is 36.9. The van der Waals surface area contributed by atoms with Gasteiger partial charge in [0.2, 0.25) is 0 Å². The minimum Gasteiger partial charge on any atom is -0.457 e. The fourth-order valence-corrected chi connectivity index (χ4v) is 10.4. The van der Waals surface area contributed by atoms with Gasteiger partial charge in [0, 0.05) is 37.0 Å². The molecule has 0 aromatic carbocycles. The summed E-state index contributed by atoms with van der Waals surface area (Å²) in [7, 11) is -2.70. The van der Waals surface area contributed by atoms with Crippen LogP contribution in [0.3, 0.4) is 0 Å². The topological polar surface area (TPSA) is 130 Å². The second-order valence-electron chi connectivity index (χ2n) is 19.0. The number of nitrogens with one attached hydrogen (secondary N) is 1. The van der Waals surface area contributed by atoms with Crippen molar-refractivity contribution in [3.8, 4) is 0 Å². The normalized spacial score (nSPS) is 30.2. The van der Waals surface area contributed by atoms with Crippen molar-refractivity contribution in [1.82, 2.24) is 4.98 Å². The summed E-state index contributed by atoms with van der Waals surface area (Å²) in [4.78, 5) is 16.4. The second-order valence-corrected chi connectivity index (χ2v) is 28.5. The monoisotopic (exact) mass is 763 g/mol. The van der Waals surface area contributed by atoms with Gasteiger partial charge in [-0.25, -0.2) is 4.79 Å². The van der Waals surface area contributed by atoms with Gasteiger partial charge in [0.1, 0.15) is 11.8 Å². The first-order valence-electron chi connectivity index (χ1n) is 19.4. The van der Waals surface area contributed by atoms with Gasteiger partial charge in [-0.15, -0.1) is 0 Å². The van der Waals surface area contributed by atoms with Crippen LogP contribution in [0.25, 0.3) is 0 Å². The average molecular weight is 764 g/mol. The molecule has 1 saturated carbocycles. The Morgan fingerprint density at radius 2 is 1.69 bits per heavy atom. The first-order chi connectivity index (χ1) is 23.8. The molecule has 0 spiro atoms. The van der Waals surface area contributed by atoms with Crippen molar-refractivity contribution in [2.24, 2.45) is 29.6 Å². The Bertz CT molecular complexity index is 1360. The van der Waals surface area contributed by atoms with Crippen LogP contribution in [0.15, 0.2) is 42.1 Å². The number of aliphatic hydroxyl groups is 3. The highest BCUT2D eigenvalue weighted by atomic mass is 28.4. The number of aromatic nitrogens is 1. The van der Waals surface area contributed by atoms with Crippen molar-refractivity contribution in [2.75, 3.05) is 13.7 Å². The Hall–Kier alpha value is -1.58. The van der Waals surface area contributed by atoms with E-state index in [-0.39, 0.29) is 58.5 Å². The van der Waals surface area contributed by atoms with Gasteiger partial charge < -0.3 is 38.6 Å². The maximum absolute atomic E-state index is 13.4. The summed E-state index contributed by atoms with van der Waals surface area (Å²) in [6.45, 7) is 29.9. The first kappa shape index (κ1) is 44.8. The Balaban J connectivity index is 2.00. The van der Waals surface area contributed by atoms with Crippen LogP contribution in [0.2, 0.25) is 36.3 Å². The maximum Gasteiger partial charge on any atom is 0.355 e. The summed E-state index contributed by atoms with van der Waals surface area (Å²) in [5.74, 6) is -1.33. The smallest absolute Gasteiger partial charge is 0.355 e. The quantitative estimate of drug-likeness (QED) is 0.0799. The number of methoxy groups -OCH3 is 1. The van der Waals surface area contributed by atoms with Crippen molar-refractivity contribution < 1.29 is 38.4 Å². The van der Waals surface area contributed by atoms with Crippen molar-refractivity contribution in [3.63, 3.8) is 0 Å². The third-order valence-corrected chi connectivity index (χ3v) is 22.3. The number of hydrogen-bond donors (Lipinski definition) is 4. The zero-order valence-electron chi connectivity index (χ0n) is 34.9. The number of aromatic amines is 1. The van der Waals surface area contributed by atoms with E-state index in [2.05, 4.69) is 91.8 Å². The van der Waals surface area contributed by atoms with Gasteiger partial charge in [-0.1, -0.05) is 73.6 Å². The Morgan fingerprint density at radius 1 is 1.08 bits per heavy atom. The largest absolute Gasteiger partial charge is 0.457 e. The van der Waals surface area contributed by atoms with E-state index in [1.54, 1.807) is 25.4 Å². The van der Waals surface area contributed by atoms with E-state index in [0.29, 0.717) is 25.0 Å². The van der Waals surface area contributed by atoms with E-state index >= 15 is 0 Å². The number of aliphatic hydroxyl groups excluding tert-OH is 2. The van der Waals surface area contributed by atoms with E-state index < -0.39 is 46.5 Å². The molecule has 11 heteroatoms. The molecule has 9 nitrogen and oxygen atoms in total. The van der Waals surface area contributed by atoms with Crippen LogP contribution in [-0.4, -0.2) is 92.7 Å². The van der Waals surface area contributed by atoms with Crippen molar-refractivity contribution in [1.29, 1.82) is 0 Å². The molecule has 0 unspecified atom stereocenters. The average Bonchev–Trinajstić information content (AvgIpc) is 3.67. The second kappa shape index (κ2) is 17.1. The van der Waals surface area contributed by atoms with Crippen LogP contribution in [0.1, 0.15) is 99.0 Å². The minimum atomic E-state index is -2.15. The number of H-pyrrole nitrogens is 1. The van der Waals surface area contributed by atoms with Gasteiger partial charge in [-0.3, -0.25) is 0 Å². The van der Waals surface area contributed by atoms with E-state index in [4.69, 9.17) is 18.3 Å². The van der Waals surface area contributed by atoms with Crippen LogP contribution in [0.4, 0.5) is 0 Å². The molecule has 0 radical (unpaired) electrons. The van der Waals surface area contributed by atoms with E-state index in [1.807, 2.05) is 26.8 Å². The zero-order chi connectivity index (χ0) is 39.6. The number of esters is 1. The van der Waals surface area contributed by atoms with Gasteiger partial charge >= 0.3 is 5.97 Å². The molecule has 0 bridgehead atoms. The highest BCUT2D eigenvalue weighted by molar-refractivity contribution is 6.74. The molecular weight excluding hydrogens is 691 g/mol. The van der Waals surface area contributed by atoms with Gasteiger partial charge in [-0.05, 0) is 93.0 Å². The van der Waals surface area contributed by atoms with Crippen LogP contribution < -0.4 is 0 Å². The number of carbonyl (C=O) groups is 1. The molecule has 0 amide bonds. The molecule has 3 rings (SSSR count). The van der Waals surface area contributed by atoms with Crippen molar-refractivity contribution in [2.45, 2.75) is 161 Å². The molecule has 1 aromatic rings. The third-order valence-electron chi connectivity index (χ3n) is 13.2. The van der Waals surface area contributed by atoms with Gasteiger partial charge in [0.05, 0.1) is 36.6 Å². The number of hydrogen-bond acceptors (Lipinski definition) is 8. The Morgan fingerprint density at radius 3 is 2.21 bits per heavy atom. The van der Waals surface area contributed by atoms with E-state index in [1.165, 1.54) is 0 Å². The number of allylic oxidation sites excluding steroid dienone is 1. The van der Waals surface area contributed by atoms with E-state index in [0.717, 1.165) is 5.57 Å².